The van der Waals surface area contributed by atoms with Gasteiger partial charge in [-0.15, -0.1) is 0 Å². The molecular weight excluding hydrogens is 460 g/mol. The maximum atomic E-state index is 12.8. The molecule has 37 heavy (non-hydrogen) atoms. The number of fused-ring (bicyclic) bond motifs is 1. The van der Waals surface area contributed by atoms with E-state index in [9.17, 15) is 4.79 Å². The number of rotatable bonds is 7. The van der Waals surface area contributed by atoms with Crippen molar-refractivity contribution >= 4 is 23.5 Å². The fraction of sp³-hybridized carbons (Fsp3) is 0.433. The lowest BCUT2D eigenvalue weighted by atomic mass is 9.91. The molecule has 0 aliphatic heterocycles. The number of anilines is 3. The highest BCUT2D eigenvalue weighted by Gasteiger charge is 2.25. The third kappa shape index (κ3) is 6.40. The molecule has 1 aromatic heterocycles. The highest BCUT2D eigenvalue weighted by molar-refractivity contribution is 5.90. The monoisotopic (exact) mass is 498 g/mol. The molecule has 2 amide bonds. The summed E-state index contributed by atoms with van der Waals surface area (Å²) in [5, 5.41) is 9.87. The lowest BCUT2D eigenvalue weighted by Gasteiger charge is -2.30. The van der Waals surface area contributed by atoms with Gasteiger partial charge in [-0.2, -0.15) is 4.98 Å². The summed E-state index contributed by atoms with van der Waals surface area (Å²) in [5.41, 5.74) is 5.71. The SMILES string of the molecule is CN(C)c1nc(NC2CCC(NC(=O)Nc3ccccc3Cc3ccccc3)CC2)nc2c1CCCC2. The van der Waals surface area contributed by atoms with E-state index in [2.05, 4.69) is 53.1 Å². The predicted molar refractivity (Wildman–Crippen MR) is 151 cm³/mol. The van der Waals surface area contributed by atoms with Gasteiger partial charge in [-0.05, 0) is 75.0 Å². The van der Waals surface area contributed by atoms with E-state index >= 15 is 0 Å². The van der Waals surface area contributed by atoms with Crippen LogP contribution in [0.2, 0.25) is 0 Å². The highest BCUT2D eigenvalue weighted by Crippen LogP contribution is 2.29. The molecule has 3 aromatic rings. The molecule has 0 saturated heterocycles. The van der Waals surface area contributed by atoms with Crippen LogP contribution in [0.15, 0.2) is 54.6 Å². The number of benzene rings is 2. The van der Waals surface area contributed by atoms with Crippen molar-refractivity contribution in [1.82, 2.24) is 15.3 Å². The van der Waals surface area contributed by atoms with Crippen molar-refractivity contribution < 1.29 is 4.79 Å². The van der Waals surface area contributed by atoms with E-state index in [-0.39, 0.29) is 12.1 Å². The molecule has 0 spiro atoms. The molecule has 0 bridgehead atoms. The van der Waals surface area contributed by atoms with Crippen LogP contribution >= 0.6 is 0 Å². The largest absolute Gasteiger partial charge is 0.362 e. The molecule has 0 radical (unpaired) electrons. The fourth-order valence-corrected chi connectivity index (χ4v) is 5.53. The maximum Gasteiger partial charge on any atom is 0.319 e. The molecule has 0 atom stereocenters. The van der Waals surface area contributed by atoms with Gasteiger partial charge >= 0.3 is 6.03 Å². The average Bonchev–Trinajstić information content (AvgIpc) is 2.91. The van der Waals surface area contributed by atoms with Gasteiger partial charge in [0.2, 0.25) is 5.95 Å². The number of hydrogen-bond acceptors (Lipinski definition) is 5. The molecule has 194 valence electrons. The Morgan fingerprint density at radius 3 is 2.38 bits per heavy atom. The van der Waals surface area contributed by atoms with Gasteiger partial charge in [0.15, 0.2) is 0 Å². The summed E-state index contributed by atoms with van der Waals surface area (Å²) in [7, 11) is 4.12. The minimum Gasteiger partial charge on any atom is -0.362 e. The number of carbonyl (C=O) groups is 1. The fourth-order valence-electron chi connectivity index (χ4n) is 5.53. The van der Waals surface area contributed by atoms with Gasteiger partial charge < -0.3 is 20.9 Å². The van der Waals surface area contributed by atoms with Gasteiger partial charge in [0.25, 0.3) is 0 Å². The first-order valence-corrected chi connectivity index (χ1v) is 13.6. The van der Waals surface area contributed by atoms with Crippen molar-refractivity contribution in [3.05, 3.63) is 77.0 Å². The average molecular weight is 499 g/mol. The van der Waals surface area contributed by atoms with Crippen LogP contribution in [0.5, 0.6) is 0 Å². The van der Waals surface area contributed by atoms with E-state index in [1.807, 2.05) is 36.4 Å². The Morgan fingerprint density at radius 1 is 0.892 bits per heavy atom. The zero-order valence-corrected chi connectivity index (χ0v) is 22.0. The van der Waals surface area contributed by atoms with Gasteiger partial charge in [-0.25, -0.2) is 9.78 Å². The quantitative estimate of drug-likeness (QED) is 0.397. The third-order valence-electron chi connectivity index (χ3n) is 7.48. The van der Waals surface area contributed by atoms with E-state index in [0.717, 1.165) is 68.0 Å². The molecule has 2 aromatic carbocycles. The molecule has 7 heteroatoms. The van der Waals surface area contributed by atoms with Gasteiger partial charge in [-0.1, -0.05) is 48.5 Å². The van der Waals surface area contributed by atoms with Gasteiger partial charge in [-0.3, -0.25) is 0 Å². The van der Waals surface area contributed by atoms with Crippen LogP contribution < -0.4 is 20.9 Å². The summed E-state index contributed by atoms with van der Waals surface area (Å²) in [4.78, 5) is 24.7. The Labute approximate surface area is 220 Å². The Bertz CT molecular complexity index is 1200. The van der Waals surface area contributed by atoms with Crippen LogP contribution in [0, 0.1) is 0 Å². The molecule has 1 saturated carbocycles. The van der Waals surface area contributed by atoms with E-state index in [4.69, 9.17) is 9.97 Å². The second kappa shape index (κ2) is 11.6. The smallest absolute Gasteiger partial charge is 0.319 e. The number of amides is 2. The van der Waals surface area contributed by atoms with Crippen LogP contribution in [0.3, 0.4) is 0 Å². The second-order valence-corrected chi connectivity index (χ2v) is 10.5. The molecule has 2 aliphatic carbocycles. The number of hydrogen-bond donors (Lipinski definition) is 3. The Hall–Kier alpha value is -3.61. The molecule has 3 N–H and O–H groups in total. The minimum atomic E-state index is -0.134. The Kier molecular flexibility index (Phi) is 7.87. The lowest BCUT2D eigenvalue weighted by Crippen LogP contribution is -2.42. The van der Waals surface area contributed by atoms with E-state index in [1.54, 1.807) is 0 Å². The van der Waals surface area contributed by atoms with E-state index in [0.29, 0.717) is 6.04 Å². The number of aryl methyl sites for hydroxylation is 1. The summed E-state index contributed by atoms with van der Waals surface area (Å²) >= 11 is 0. The molecule has 1 heterocycles. The van der Waals surface area contributed by atoms with Crippen LogP contribution in [0.4, 0.5) is 22.2 Å². The number of urea groups is 1. The van der Waals surface area contributed by atoms with Crippen LogP contribution in [-0.4, -0.2) is 42.2 Å². The number of nitrogens with one attached hydrogen (secondary N) is 3. The number of aromatic nitrogens is 2. The maximum absolute atomic E-state index is 12.8. The van der Waals surface area contributed by atoms with Crippen LogP contribution in [-0.2, 0) is 19.3 Å². The van der Waals surface area contributed by atoms with E-state index < -0.39 is 0 Å². The first kappa shape index (κ1) is 25.1. The Morgan fingerprint density at radius 2 is 1.59 bits per heavy atom. The van der Waals surface area contributed by atoms with Crippen molar-refractivity contribution in [2.24, 2.45) is 0 Å². The first-order chi connectivity index (χ1) is 18.0. The number of carbonyl (C=O) groups excluding carboxylic acids is 1. The minimum absolute atomic E-state index is 0.134. The van der Waals surface area contributed by atoms with Gasteiger partial charge in [0.1, 0.15) is 5.82 Å². The van der Waals surface area contributed by atoms with E-state index in [1.165, 1.54) is 29.7 Å². The molecule has 1 fully saturated rings. The van der Waals surface area contributed by atoms with Crippen molar-refractivity contribution in [2.45, 2.75) is 69.9 Å². The predicted octanol–water partition coefficient (Wildman–Crippen LogP) is 5.56. The molecule has 5 rings (SSSR count). The molecule has 2 aliphatic rings. The molecule has 7 nitrogen and oxygen atoms in total. The summed E-state index contributed by atoms with van der Waals surface area (Å²) in [6.45, 7) is 0. The summed E-state index contributed by atoms with van der Waals surface area (Å²) in [6.07, 6.45) is 9.13. The summed E-state index contributed by atoms with van der Waals surface area (Å²) in [6, 6.07) is 18.7. The van der Waals surface area contributed by atoms with Crippen molar-refractivity contribution in [1.29, 1.82) is 0 Å². The van der Waals surface area contributed by atoms with Crippen LogP contribution in [0.25, 0.3) is 0 Å². The Balaban J connectivity index is 1.14. The number of nitrogens with zero attached hydrogens (tertiary/aromatic N) is 3. The topological polar surface area (TPSA) is 82.2 Å². The molecular formula is C30H38N6O. The molecule has 0 unspecified atom stereocenters. The highest BCUT2D eigenvalue weighted by atomic mass is 16.2. The summed E-state index contributed by atoms with van der Waals surface area (Å²) < 4.78 is 0. The standard InChI is InChI=1S/C30H38N6O/c1-36(2)28-25-13-7-9-15-27(25)33-29(35-28)31-23-16-18-24(19-17-23)32-30(37)34-26-14-8-6-12-22(26)20-21-10-4-3-5-11-21/h3-6,8,10-12,14,23-24H,7,9,13,15-20H2,1-2H3,(H,31,33,35)(H2,32,34,37). The summed E-state index contributed by atoms with van der Waals surface area (Å²) in [5.74, 6) is 1.79. The number of para-hydroxylation sites is 1. The van der Waals surface area contributed by atoms with Crippen LogP contribution in [0.1, 0.15) is 60.9 Å². The lowest BCUT2D eigenvalue weighted by molar-refractivity contribution is 0.243. The van der Waals surface area contributed by atoms with Gasteiger partial charge in [0.05, 0.1) is 5.69 Å². The first-order valence-electron chi connectivity index (χ1n) is 13.6. The van der Waals surface area contributed by atoms with Crippen molar-refractivity contribution in [2.75, 3.05) is 29.6 Å². The van der Waals surface area contributed by atoms with Crippen molar-refractivity contribution in [3.8, 4) is 0 Å². The zero-order valence-electron chi connectivity index (χ0n) is 22.0. The zero-order chi connectivity index (χ0) is 25.6. The van der Waals surface area contributed by atoms with Gasteiger partial charge in [0, 0.05) is 37.4 Å². The van der Waals surface area contributed by atoms with Crippen molar-refractivity contribution in [3.63, 3.8) is 0 Å². The normalized spacial score (nSPS) is 19.0. The third-order valence-corrected chi connectivity index (χ3v) is 7.48. The second-order valence-electron chi connectivity index (χ2n) is 10.5.